The standard InChI is InChI=1S/C14H20N2O2/c1-3-6-14(7-8-14)9-15-12-5-4-11(13(17)18)10(2)16-12/h4-5H,3,6-9H2,1-2H3,(H,15,16)(H,17,18). The van der Waals surface area contributed by atoms with Gasteiger partial charge in [0.15, 0.2) is 0 Å². The average molecular weight is 248 g/mol. The van der Waals surface area contributed by atoms with Crippen molar-refractivity contribution >= 4 is 11.8 Å². The fourth-order valence-corrected chi connectivity index (χ4v) is 2.39. The molecule has 2 N–H and O–H groups in total. The van der Waals surface area contributed by atoms with E-state index in [1.807, 2.05) is 0 Å². The molecule has 0 atom stereocenters. The number of aromatic nitrogens is 1. The second-order valence-electron chi connectivity index (χ2n) is 5.24. The molecule has 1 aliphatic carbocycles. The number of rotatable bonds is 6. The monoisotopic (exact) mass is 248 g/mol. The molecule has 0 aromatic carbocycles. The maximum Gasteiger partial charge on any atom is 0.337 e. The predicted molar refractivity (Wildman–Crippen MR) is 71.0 cm³/mol. The van der Waals surface area contributed by atoms with Gasteiger partial charge in [-0.1, -0.05) is 13.3 Å². The summed E-state index contributed by atoms with van der Waals surface area (Å²) in [6.45, 7) is 4.89. The summed E-state index contributed by atoms with van der Waals surface area (Å²) in [5.74, 6) is -0.143. The van der Waals surface area contributed by atoms with Gasteiger partial charge < -0.3 is 10.4 Å². The molecule has 4 nitrogen and oxygen atoms in total. The smallest absolute Gasteiger partial charge is 0.337 e. The van der Waals surface area contributed by atoms with Crippen molar-refractivity contribution in [2.45, 2.75) is 39.5 Å². The maximum absolute atomic E-state index is 10.9. The largest absolute Gasteiger partial charge is 0.478 e. The zero-order valence-electron chi connectivity index (χ0n) is 11.0. The van der Waals surface area contributed by atoms with Gasteiger partial charge in [-0.3, -0.25) is 0 Å². The van der Waals surface area contributed by atoms with Crippen LogP contribution in [-0.4, -0.2) is 22.6 Å². The first kappa shape index (κ1) is 12.9. The van der Waals surface area contributed by atoms with Gasteiger partial charge in [0, 0.05) is 6.54 Å². The van der Waals surface area contributed by atoms with Crippen molar-refractivity contribution in [1.29, 1.82) is 0 Å². The highest BCUT2D eigenvalue weighted by molar-refractivity contribution is 5.89. The van der Waals surface area contributed by atoms with E-state index < -0.39 is 5.97 Å². The number of pyridine rings is 1. The fraction of sp³-hybridized carbons (Fsp3) is 0.571. The lowest BCUT2D eigenvalue weighted by molar-refractivity contribution is 0.0695. The van der Waals surface area contributed by atoms with Crippen LogP contribution >= 0.6 is 0 Å². The molecule has 0 aliphatic heterocycles. The molecule has 18 heavy (non-hydrogen) atoms. The number of carbonyl (C=O) groups is 1. The molecule has 0 unspecified atom stereocenters. The van der Waals surface area contributed by atoms with E-state index in [0.717, 1.165) is 12.4 Å². The van der Waals surface area contributed by atoms with Gasteiger partial charge in [0.1, 0.15) is 5.82 Å². The number of carboxylic acids is 1. The molecule has 1 aromatic heterocycles. The van der Waals surface area contributed by atoms with Crippen molar-refractivity contribution in [3.8, 4) is 0 Å². The molecule has 1 heterocycles. The molecular weight excluding hydrogens is 228 g/mol. The SMILES string of the molecule is CCCC1(CNc2ccc(C(=O)O)c(C)n2)CC1. The molecule has 4 heteroatoms. The summed E-state index contributed by atoms with van der Waals surface area (Å²) in [6, 6.07) is 3.37. The normalized spacial score (nSPS) is 16.3. The van der Waals surface area contributed by atoms with Crippen molar-refractivity contribution in [3.63, 3.8) is 0 Å². The van der Waals surface area contributed by atoms with Gasteiger partial charge in [0.05, 0.1) is 11.3 Å². The summed E-state index contributed by atoms with van der Waals surface area (Å²) in [4.78, 5) is 15.2. The number of hydrogen-bond acceptors (Lipinski definition) is 3. The first-order valence-corrected chi connectivity index (χ1v) is 6.51. The van der Waals surface area contributed by atoms with Crippen molar-refractivity contribution in [3.05, 3.63) is 23.4 Å². The highest BCUT2D eigenvalue weighted by Gasteiger charge is 2.41. The lowest BCUT2D eigenvalue weighted by atomic mass is 10.0. The van der Waals surface area contributed by atoms with E-state index in [1.54, 1.807) is 19.1 Å². The highest BCUT2D eigenvalue weighted by Crippen LogP contribution is 2.49. The summed E-state index contributed by atoms with van der Waals surface area (Å²) in [5, 5.41) is 12.3. The molecule has 0 spiro atoms. The minimum atomic E-state index is -0.920. The predicted octanol–water partition coefficient (Wildman–Crippen LogP) is 3.08. The molecule has 1 aliphatic rings. The summed E-state index contributed by atoms with van der Waals surface area (Å²) in [7, 11) is 0. The molecule has 1 fully saturated rings. The average Bonchev–Trinajstić information content (AvgIpc) is 3.07. The molecule has 1 aromatic rings. The van der Waals surface area contributed by atoms with Crippen LogP contribution in [0.3, 0.4) is 0 Å². The van der Waals surface area contributed by atoms with Crippen LogP contribution in [-0.2, 0) is 0 Å². The van der Waals surface area contributed by atoms with Gasteiger partial charge in [0.25, 0.3) is 0 Å². The van der Waals surface area contributed by atoms with Gasteiger partial charge in [-0.05, 0) is 43.7 Å². The fourth-order valence-electron chi connectivity index (χ4n) is 2.39. The van der Waals surface area contributed by atoms with E-state index in [1.165, 1.54) is 25.7 Å². The molecule has 0 radical (unpaired) electrons. The van der Waals surface area contributed by atoms with Crippen LogP contribution in [0.1, 0.15) is 48.7 Å². The van der Waals surface area contributed by atoms with E-state index >= 15 is 0 Å². The minimum absolute atomic E-state index is 0.273. The number of carboxylic acid groups (broad SMARTS) is 1. The summed E-state index contributed by atoms with van der Waals surface area (Å²) >= 11 is 0. The lowest BCUT2D eigenvalue weighted by Crippen LogP contribution is -2.16. The first-order chi connectivity index (χ1) is 8.56. The van der Waals surface area contributed by atoms with Crippen molar-refractivity contribution in [2.75, 3.05) is 11.9 Å². The van der Waals surface area contributed by atoms with Crippen LogP contribution in [0, 0.1) is 12.3 Å². The second kappa shape index (κ2) is 4.96. The Bertz CT molecular complexity index is 453. The van der Waals surface area contributed by atoms with E-state index in [4.69, 9.17) is 5.11 Å². The molecule has 2 rings (SSSR count). The molecule has 0 amide bonds. The molecular formula is C14H20N2O2. The minimum Gasteiger partial charge on any atom is -0.478 e. The Morgan fingerprint density at radius 3 is 2.72 bits per heavy atom. The Balaban J connectivity index is 1.98. The first-order valence-electron chi connectivity index (χ1n) is 6.51. The topological polar surface area (TPSA) is 62.2 Å². The second-order valence-corrected chi connectivity index (χ2v) is 5.24. The summed E-state index contributed by atoms with van der Waals surface area (Å²) in [5.41, 5.74) is 1.30. The summed E-state index contributed by atoms with van der Waals surface area (Å²) in [6.07, 6.45) is 5.05. The quantitative estimate of drug-likeness (QED) is 0.812. The van der Waals surface area contributed by atoms with E-state index in [0.29, 0.717) is 11.1 Å². The Hall–Kier alpha value is -1.58. The van der Waals surface area contributed by atoms with Crippen LogP contribution in [0.15, 0.2) is 12.1 Å². The number of nitrogens with one attached hydrogen (secondary N) is 1. The highest BCUT2D eigenvalue weighted by atomic mass is 16.4. The molecule has 1 saturated carbocycles. The van der Waals surface area contributed by atoms with Crippen LogP contribution < -0.4 is 5.32 Å². The number of anilines is 1. The van der Waals surface area contributed by atoms with Crippen molar-refractivity contribution in [1.82, 2.24) is 4.98 Å². The third-order valence-electron chi connectivity index (χ3n) is 3.70. The Labute approximate surface area is 107 Å². The number of nitrogens with zero attached hydrogens (tertiary/aromatic N) is 1. The van der Waals surface area contributed by atoms with Crippen molar-refractivity contribution in [2.24, 2.45) is 5.41 Å². The van der Waals surface area contributed by atoms with Gasteiger partial charge in [-0.25, -0.2) is 9.78 Å². The van der Waals surface area contributed by atoms with Gasteiger partial charge >= 0.3 is 5.97 Å². The Morgan fingerprint density at radius 1 is 1.50 bits per heavy atom. The van der Waals surface area contributed by atoms with Gasteiger partial charge in [-0.2, -0.15) is 0 Å². The van der Waals surface area contributed by atoms with E-state index in [2.05, 4.69) is 17.2 Å². The Kier molecular flexibility index (Phi) is 3.55. The number of aryl methyl sites for hydroxylation is 1. The zero-order valence-corrected chi connectivity index (χ0v) is 11.0. The number of aromatic carboxylic acids is 1. The zero-order chi connectivity index (χ0) is 13.2. The van der Waals surface area contributed by atoms with Crippen LogP contribution in [0.4, 0.5) is 5.82 Å². The van der Waals surface area contributed by atoms with Crippen LogP contribution in [0.25, 0.3) is 0 Å². The molecule has 0 saturated heterocycles. The third-order valence-corrected chi connectivity index (χ3v) is 3.70. The molecule has 98 valence electrons. The Morgan fingerprint density at radius 2 is 2.22 bits per heavy atom. The lowest BCUT2D eigenvalue weighted by Gasteiger charge is -2.15. The van der Waals surface area contributed by atoms with Crippen molar-refractivity contribution < 1.29 is 9.90 Å². The summed E-state index contributed by atoms with van der Waals surface area (Å²) < 4.78 is 0. The van der Waals surface area contributed by atoms with E-state index in [9.17, 15) is 4.79 Å². The van der Waals surface area contributed by atoms with Crippen LogP contribution in [0.2, 0.25) is 0 Å². The van der Waals surface area contributed by atoms with Gasteiger partial charge in [0.2, 0.25) is 0 Å². The third kappa shape index (κ3) is 2.81. The molecule has 0 bridgehead atoms. The van der Waals surface area contributed by atoms with Gasteiger partial charge in [-0.15, -0.1) is 0 Å². The van der Waals surface area contributed by atoms with Crippen LogP contribution in [0.5, 0.6) is 0 Å². The van der Waals surface area contributed by atoms with E-state index in [-0.39, 0.29) is 5.56 Å². The number of hydrogen-bond donors (Lipinski definition) is 2. The maximum atomic E-state index is 10.9.